The number of carbonyl (C=O) groups is 1. The summed E-state index contributed by atoms with van der Waals surface area (Å²) in [6, 6.07) is 8.77. The molecule has 0 aliphatic heterocycles. The van der Waals surface area contributed by atoms with Crippen LogP contribution in [0.2, 0.25) is 15.1 Å². The first-order valence-corrected chi connectivity index (χ1v) is 8.06. The lowest BCUT2D eigenvalue weighted by Gasteiger charge is -2.38. The standard InChI is InChI=1S/C16H13Cl3N2O/c17-10-3-1-4-11(18)14(10)9-6-7-13(9)21-16(22)15-12(19)5-2-8-20-15/h1-5,8-9,13H,6-7H2,(H,21,22). The fourth-order valence-corrected chi connectivity index (χ4v) is 3.56. The number of pyridine rings is 1. The predicted octanol–water partition coefficient (Wildman–Crippen LogP) is 4.72. The van der Waals surface area contributed by atoms with Gasteiger partial charge in [0, 0.05) is 28.2 Å². The minimum Gasteiger partial charge on any atom is -0.347 e. The van der Waals surface area contributed by atoms with Gasteiger partial charge in [-0.05, 0) is 42.7 Å². The molecule has 0 saturated heterocycles. The Morgan fingerprint density at radius 3 is 2.32 bits per heavy atom. The molecular weight excluding hydrogens is 343 g/mol. The molecule has 6 heteroatoms. The Morgan fingerprint density at radius 1 is 1.05 bits per heavy atom. The Bertz CT molecular complexity index is 700. The molecule has 2 aromatic rings. The van der Waals surface area contributed by atoms with Gasteiger partial charge in [0.15, 0.2) is 0 Å². The highest BCUT2D eigenvalue weighted by Crippen LogP contribution is 2.43. The average molecular weight is 356 g/mol. The van der Waals surface area contributed by atoms with Crippen LogP contribution in [-0.4, -0.2) is 16.9 Å². The monoisotopic (exact) mass is 354 g/mol. The zero-order valence-electron chi connectivity index (χ0n) is 11.5. The quantitative estimate of drug-likeness (QED) is 0.865. The van der Waals surface area contributed by atoms with E-state index in [2.05, 4.69) is 10.3 Å². The average Bonchev–Trinajstić information content (AvgIpc) is 2.47. The summed E-state index contributed by atoms with van der Waals surface area (Å²) in [5, 5.41) is 4.58. The molecule has 22 heavy (non-hydrogen) atoms. The Labute approximate surface area is 143 Å². The highest BCUT2D eigenvalue weighted by Gasteiger charge is 2.36. The molecule has 0 spiro atoms. The third-order valence-corrected chi connectivity index (χ3v) is 4.90. The molecule has 1 aromatic carbocycles. The Balaban J connectivity index is 1.77. The Kier molecular flexibility index (Phi) is 4.57. The number of aromatic nitrogens is 1. The van der Waals surface area contributed by atoms with E-state index in [1.165, 1.54) is 0 Å². The molecule has 1 aliphatic carbocycles. The summed E-state index contributed by atoms with van der Waals surface area (Å²) < 4.78 is 0. The molecule has 1 aliphatic rings. The van der Waals surface area contributed by atoms with Gasteiger partial charge in [-0.25, -0.2) is 4.98 Å². The summed E-state index contributed by atoms with van der Waals surface area (Å²) in [6.45, 7) is 0. The van der Waals surface area contributed by atoms with Gasteiger partial charge in [0.25, 0.3) is 5.91 Å². The van der Waals surface area contributed by atoms with E-state index in [9.17, 15) is 4.79 Å². The maximum Gasteiger partial charge on any atom is 0.271 e. The van der Waals surface area contributed by atoms with Crippen LogP contribution < -0.4 is 5.32 Å². The van der Waals surface area contributed by atoms with Crippen molar-refractivity contribution < 1.29 is 4.79 Å². The lowest BCUT2D eigenvalue weighted by molar-refractivity contribution is 0.0900. The van der Waals surface area contributed by atoms with Crippen molar-refractivity contribution in [1.29, 1.82) is 0 Å². The van der Waals surface area contributed by atoms with Crippen LogP contribution in [0, 0.1) is 0 Å². The summed E-state index contributed by atoms with van der Waals surface area (Å²) in [4.78, 5) is 16.3. The van der Waals surface area contributed by atoms with E-state index in [4.69, 9.17) is 34.8 Å². The minimum absolute atomic E-state index is 0.0111. The second-order valence-electron chi connectivity index (χ2n) is 5.23. The summed E-state index contributed by atoms with van der Waals surface area (Å²) in [5.74, 6) is -0.156. The summed E-state index contributed by atoms with van der Waals surface area (Å²) >= 11 is 18.5. The zero-order chi connectivity index (χ0) is 15.7. The molecule has 1 N–H and O–H groups in total. The topological polar surface area (TPSA) is 42.0 Å². The van der Waals surface area contributed by atoms with Crippen molar-refractivity contribution in [3.05, 3.63) is 62.9 Å². The molecule has 1 fully saturated rings. The van der Waals surface area contributed by atoms with E-state index in [1.807, 2.05) is 18.2 Å². The molecule has 1 aromatic heterocycles. The molecule has 0 bridgehead atoms. The number of benzene rings is 1. The number of nitrogens with zero attached hydrogens (tertiary/aromatic N) is 1. The van der Waals surface area contributed by atoms with Crippen LogP contribution in [0.5, 0.6) is 0 Å². The van der Waals surface area contributed by atoms with Crippen LogP contribution in [0.1, 0.15) is 34.8 Å². The van der Waals surface area contributed by atoms with E-state index in [1.54, 1.807) is 18.3 Å². The van der Waals surface area contributed by atoms with Crippen LogP contribution >= 0.6 is 34.8 Å². The van der Waals surface area contributed by atoms with Gasteiger partial charge in [0.1, 0.15) is 5.69 Å². The van der Waals surface area contributed by atoms with Gasteiger partial charge < -0.3 is 5.32 Å². The van der Waals surface area contributed by atoms with Crippen LogP contribution in [0.15, 0.2) is 36.5 Å². The first-order valence-electron chi connectivity index (χ1n) is 6.93. The molecular formula is C16H13Cl3N2O. The van der Waals surface area contributed by atoms with Crippen LogP contribution in [0.3, 0.4) is 0 Å². The van der Waals surface area contributed by atoms with E-state index in [0.717, 1.165) is 18.4 Å². The molecule has 0 radical (unpaired) electrons. The minimum atomic E-state index is -0.275. The Hall–Kier alpha value is -1.29. The third-order valence-electron chi connectivity index (χ3n) is 3.93. The van der Waals surface area contributed by atoms with Gasteiger partial charge in [0.05, 0.1) is 5.02 Å². The second kappa shape index (κ2) is 6.45. The molecule has 3 rings (SSSR count). The van der Waals surface area contributed by atoms with Crippen molar-refractivity contribution in [3.63, 3.8) is 0 Å². The highest BCUT2D eigenvalue weighted by molar-refractivity contribution is 6.36. The molecule has 1 heterocycles. The zero-order valence-corrected chi connectivity index (χ0v) is 13.8. The van der Waals surface area contributed by atoms with Gasteiger partial charge in [0.2, 0.25) is 0 Å². The van der Waals surface area contributed by atoms with Gasteiger partial charge in [-0.1, -0.05) is 40.9 Å². The summed E-state index contributed by atoms with van der Waals surface area (Å²) in [6.07, 6.45) is 3.36. The maximum atomic E-state index is 12.3. The fourth-order valence-electron chi connectivity index (χ4n) is 2.67. The van der Waals surface area contributed by atoms with E-state index in [0.29, 0.717) is 15.1 Å². The predicted molar refractivity (Wildman–Crippen MR) is 88.9 cm³/mol. The molecule has 2 unspecified atom stereocenters. The van der Waals surface area contributed by atoms with Crippen LogP contribution in [-0.2, 0) is 0 Å². The van der Waals surface area contributed by atoms with E-state index in [-0.39, 0.29) is 23.6 Å². The van der Waals surface area contributed by atoms with E-state index >= 15 is 0 Å². The van der Waals surface area contributed by atoms with Gasteiger partial charge in [-0.2, -0.15) is 0 Å². The maximum absolute atomic E-state index is 12.3. The first kappa shape index (κ1) is 15.6. The van der Waals surface area contributed by atoms with Gasteiger partial charge in [-0.15, -0.1) is 0 Å². The normalized spacial score (nSPS) is 20.3. The van der Waals surface area contributed by atoms with Crippen molar-refractivity contribution in [2.24, 2.45) is 0 Å². The summed E-state index contributed by atoms with van der Waals surface area (Å²) in [7, 11) is 0. The third kappa shape index (κ3) is 2.94. The highest BCUT2D eigenvalue weighted by atomic mass is 35.5. The number of rotatable bonds is 3. The number of nitrogens with one attached hydrogen (secondary N) is 1. The van der Waals surface area contributed by atoms with Crippen molar-refractivity contribution in [2.45, 2.75) is 24.8 Å². The van der Waals surface area contributed by atoms with Gasteiger partial charge >= 0.3 is 0 Å². The SMILES string of the molecule is O=C(NC1CCC1c1c(Cl)cccc1Cl)c1ncccc1Cl. The molecule has 3 nitrogen and oxygen atoms in total. The molecule has 1 saturated carbocycles. The molecule has 2 atom stereocenters. The largest absolute Gasteiger partial charge is 0.347 e. The van der Waals surface area contributed by atoms with E-state index < -0.39 is 0 Å². The van der Waals surface area contributed by atoms with Crippen LogP contribution in [0.25, 0.3) is 0 Å². The first-order chi connectivity index (χ1) is 10.6. The van der Waals surface area contributed by atoms with Gasteiger partial charge in [-0.3, -0.25) is 4.79 Å². The lowest BCUT2D eigenvalue weighted by Crippen LogP contribution is -2.45. The van der Waals surface area contributed by atoms with Crippen molar-refractivity contribution in [1.82, 2.24) is 10.3 Å². The van der Waals surface area contributed by atoms with Crippen molar-refractivity contribution >= 4 is 40.7 Å². The smallest absolute Gasteiger partial charge is 0.271 e. The number of hydrogen-bond acceptors (Lipinski definition) is 2. The summed E-state index contributed by atoms with van der Waals surface area (Å²) in [5.41, 5.74) is 1.13. The number of carbonyl (C=O) groups excluding carboxylic acids is 1. The number of halogens is 3. The van der Waals surface area contributed by atoms with Crippen LogP contribution in [0.4, 0.5) is 0 Å². The molecule has 114 valence electrons. The molecule has 1 amide bonds. The van der Waals surface area contributed by atoms with Crippen molar-refractivity contribution in [3.8, 4) is 0 Å². The fraction of sp³-hybridized carbons (Fsp3) is 0.250. The number of amides is 1. The lowest BCUT2D eigenvalue weighted by atomic mass is 9.75. The second-order valence-corrected chi connectivity index (χ2v) is 6.45. The Morgan fingerprint density at radius 2 is 1.73 bits per heavy atom. The number of hydrogen-bond donors (Lipinski definition) is 1. The van der Waals surface area contributed by atoms with Crippen molar-refractivity contribution in [2.75, 3.05) is 0 Å².